The van der Waals surface area contributed by atoms with E-state index in [-0.39, 0.29) is 5.57 Å². The van der Waals surface area contributed by atoms with Crippen LogP contribution in [0.25, 0.3) is 0 Å². The molecule has 0 radical (unpaired) electrons. The molecule has 1 aliphatic rings. The minimum Gasteiger partial charge on any atom is -0.377 e. The number of hydrogen-bond donors (Lipinski definition) is 0. The van der Waals surface area contributed by atoms with Gasteiger partial charge in [0.05, 0.1) is 0 Å². The molecular weight excluding hydrogens is 258 g/mol. The zero-order chi connectivity index (χ0) is 14.9. The fourth-order valence-corrected chi connectivity index (χ4v) is 2.52. The maximum absolute atomic E-state index is 8.97. The monoisotopic (exact) mass is 277 g/mol. The first-order valence-corrected chi connectivity index (χ1v) is 7.32. The van der Waals surface area contributed by atoms with Crippen LogP contribution in [-0.2, 0) is 6.42 Å². The molecule has 0 saturated carbocycles. The Morgan fingerprint density at radius 3 is 2.33 bits per heavy atom. The maximum atomic E-state index is 8.97. The first kappa shape index (κ1) is 14.9. The minimum atomic E-state index is 0.161. The molecule has 2 rings (SSSR count). The zero-order valence-corrected chi connectivity index (χ0v) is 12.1. The average molecular weight is 277 g/mol. The second-order valence-electron chi connectivity index (χ2n) is 5.24. The summed E-state index contributed by atoms with van der Waals surface area (Å²) in [6.45, 7) is 2.11. The summed E-state index contributed by atoms with van der Waals surface area (Å²) in [7, 11) is 0. The highest BCUT2D eigenvalue weighted by Crippen LogP contribution is 2.15. The first-order valence-electron chi connectivity index (χ1n) is 7.32. The molecule has 0 amide bonds. The Bertz CT molecular complexity index is 578. The van der Waals surface area contributed by atoms with Crippen molar-refractivity contribution in [1.82, 2.24) is 4.90 Å². The summed E-state index contributed by atoms with van der Waals surface area (Å²) in [5.74, 6) is 0. The number of nitrogens with zero attached hydrogens (tertiary/aromatic N) is 3. The van der Waals surface area contributed by atoms with Crippen molar-refractivity contribution in [2.24, 2.45) is 0 Å². The predicted octanol–water partition coefficient (Wildman–Crippen LogP) is 3.57. The zero-order valence-electron chi connectivity index (χ0n) is 12.1. The molecule has 106 valence electrons. The topological polar surface area (TPSA) is 50.8 Å². The molecule has 1 heterocycles. The highest BCUT2D eigenvalue weighted by Gasteiger charge is 2.08. The third kappa shape index (κ3) is 4.82. The van der Waals surface area contributed by atoms with E-state index in [0.717, 1.165) is 25.1 Å². The predicted molar refractivity (Wildman–Crippen MR) is 83.0 cm³/mol. The molecule has 0 aromatic heterocycles. The van der Waals surface area contributed by atoms with Crippen molar-refractivity contribution in [2.75, 3.05) is 13.1 Å². The summed E-state index contributed by atoms with van der Waals surface area (Å²) in [5, 5.41) is 17.9. The molecule has 3 nitrogen and oxygen atoms in total. The van der Waals surface area contributed by atoms with Gasteiger partial charge in [-0.25, -0.2) is 0 Å². The van der Waals surface area contributed by atoms with Crippen molar-refractivity contribution in [3.05, 3.63) is 59.3 Å². The normalized spacial score (nSPS) is 15.0. The minimum absolute atomic E-state index is 0.161. The maximum Gasteiger partial charge on any atom is 0.130 e. The largest absolute Gasteiger partial charge is 0.377 e. The Kier molecular flexibility index (Phi) is 5.61. The summed E-state index contributed by atoms with van der Waals surface area (Å²) in [5.41, 5.74) is 2.36. The van der Waals surface area contributed by atoms with Crippen molar-refractivity contribution in [3.63, 3.8) is 0 Å². The number of nitriles is 2. The number of piperidine rings is 1. The van der Waals surface area contributed by atoms with Crippen LogP contribution in [0, 0.1) is 22.7 Å². The third-order valence-electron chi connectivity index (χ3n) is 3.56. The molecule has 3 heteroatoms. The van der Waals surface area contributed by atoms with Crippen LogP contribution in [0.4, 0.5) is 0 Å². The first-order chi connectivity index (χ1) is 10.3. The van der Waals surface area contributed by atoms with Crippen molar-refractivity contribution in [1.29, 1.82) is 10.5 Å². The van der Waals surface area contributed by atoms with Gasteiger partial charge in [0.1, 0.15) is 17.7 Å². The van der Waals surface area contributed by atoms with Gasteiger partial charge in [-0.3, -0.25) is 0 Å². The summed E-state index contributed by atoms with van der Waals surface area (Å²) in [4.78, 5) is 2.30. The molecule has 1 aromatic rings. The molecule has 0 bridgehead atoms. The van der Waals surface area contributed by atoms with Gasteiger partial charge in [-0.1, -0.05) is 30.3 Å². The highest BCUT2D eigenvalue weighted by atomic mass is 15.1. The summed E-state index contributed by atoms with van der Waals surface area (Å²) >= 11 is 0. The summed E-state index contributed by atoms with van der Waals surface area (Å²) in [6.07, 6.45) is 8.27. The molecule has 1 aromatic carbocycles. The Morgan fingerprint density at radius 2 is 1.71 bits per heavy atom. The molecule has 1 aliphatic heterocycles. The van der Waals surface area contributed by atoms with Crippen LogP contribution < -0.4 is 0 Å². The number of likely N-dealkylation sites (tertiary alicyclic amines) is 1. The van der Waals surface area contributed by atoms with E-state index in [0.29, 0.717) is 0 Å². The number of rotatable bonds is 4. The van der Waals surface area contributed by atoms with E-state index in [9.17, 15) is 0 Å². The van der Waals surface area contributed by atoms with Crippen LogP contribution in [0.1, 0.15) is 24.8 Å². The average Bonchev–Trinajstić information content (AvgIpc) is 2.54. The lowest BCUT2D eigenvalue weighted by molar-refractivity contribution is 0.307. The molecule has 0 spiro atoms. The fraction of sp³-hybridized carbons (Fsp3) is 0.333. The Balaban J connectivity index is 2.21. The molecular formula is C18H19N3. The Hall–Kier alpha value is -2.52. The van der Waals surface area contributed by atoms with E-state index in [1.165, 1.54) is 24.8 Å². The molecule has 1 saturated heterocycles. The lowest BCUT2D eigenvalue weighted by atomic mass is 10.0. The second kappa shape index (κ2) is 7.92. The number of benzene rings is 1. The van der Waals surface area contributed by atoms with Gasteiger partial charge in [0.2, 0.25) is 0 Å². The number of allylic oxidation sites excluding steroid dienone is 3. The molecule has 21 heavy (non-hydrogen) atoms. The van der Waals surface area contributed by atoms with E-state index in [1.54, 1.807) is 6.08 Å². The van der Waals surface area contributed by atoms with Crippen molar-refractivity contribution >= 4 is 0 Å². The molecule has 0 aliphatic carbocycles. The lowest BCUT2D eigenvalue weighted by Crippen LogP contribution is -2.24. The van der Waals surface area contributed by atoms with Crippen molar-refractivity contribution in [3.8, 4) is 12.1 Å². The van der Waals surface area contributed by atoms with Crippen LogP contribution in [0.2, 0.25) is 0 Å². The van der Waals surface area contributed by atoms with E-state index >= 15 is 0 Å². The van der Waals surface area contributed by atoms with Gasteiger partial charge >= 0.3 is 0 Å². The smallest absolute Gasteiger partial charge is 0.130 e. The van der Waals surface area contributed by atoms with Gasteiger partial charge in [-0.15, -0.1) is 0 Å². The van der Waals surface area contributed by atoms with Crippen LogP contribution in [0.15, 0.2) is 53.8 Å². The SMILES string of the molecule is N#CC(C#N)=CC(=CN1CCCCC1)Cc1ccccc1. The lowest BCUT2D eigenvalue weighted by Gasteiger charge is -2.26. The summed E-state index contributed by atoms with van der Waals surface area (Å²) < 4.78 is 0. The Morgan fingerprint density at radius 1 is 1.05 bits per heavy atom. The van der Waals surface area contributed by atoms with Gasteiger partial charge in [0.15, 0.2) is 0 Å². The Labute approximate surface area is 126 Å². The molecule has 1 fully saturated rings. The van der Waals surface area contributed by atoms with Gasteiger partial charge in [0.25, 0.3) is 0 Å². The third-order valence-corrected chi connectivity index (χ3v) is 3.56. The van der Waals surface area contributed by atoms with Crippen LogP contribution in [0.5, 0.6) is 0 Å². The van der Waals surface area contributed by atoms with Crippen molar-refractivity contribution < 1.29 is 0 Å². The number of hydrogen-bond acceptors (Lipinski definition) is 3. The van der Waals surface area contributed by atoms with E-state index in [2.05, 4.69) is 23.2 Å². The van der Waals surface area contributed by atoms with Crippen molar-refractivity contribution in [2.45, 2.75) is 25.7 Å². The fourth-order valence-electron chi connectivity index (χ4n) is 2.52. The van der Waals surface area contributed by atoms with E-state index in [4.69, 9.17) is 10.5 Å². The highest BCUT2D eigenvalue weighted by molar-refractivity contribution is 5.42. The molecule has 0 atom stereocenters. The molecule has 0 unspecified atom stereocenters. The summed E-state index contributed by atoms with van der Waals surface area (Å²) in [6, 6.07) is 14.0. The quantitative estimate of drug-likeness (QED) is 0.624. The van der Waals surface area contributed by atoms with Gasteiger partial charge in [-0.2, -0.15) is 10.5 Å². The van der Waals surface area contributed by atoms with E-state index in [1.807, 2.05) is 30.3 Å². The van der Waals surface area contributed by atoms with E-state index < -0.39 is 0 Å². The van der Waals surface area contributed by atoms with Crippen LogP contribution in [0.3, 0.4) is 0 Å². The second-order valence-corrected chi connectivity index (χ2v) is 5.24. The van der Waals surface area contributed by atoms with Crippen LogP contribution >= 0.6 is 0 Å². The van der Waals surface area contributed by atoms with Gasteiger partial charge in [0, 0.05) is 19.3 Å². The van der Waals surface area contributed by atoms with Gasteiger partial charge < -0.3 is 4.90 Å². The standard InChI is InChI=1S/C18H19N3/c19-13-18(14-20)12-17(11-16-7-3-1-4-8-16)15-21-9-5-2-6-10-21/h1,3-4,7-8,12,15H,2,5-6,9-11H2. The molecule has 0 N–H and O–H groups in total. The van der Waals surface area contributed by atoms with Gasteiger partial charge in [-0.05, 0) is 42.9 Å². The van der Waals surface area contributed by atoms with Crippen LogP contribution in [-0.4, -0.2) is 18.0 Å².